The highest BCUT2D eigenvalue weighted by atomic mass is 35.5. The Bertz CT molecular complexity index is 2900. The number of halogens is 1. The number of carbonyl (C=O) groups is 10. The monoisotopic (exact) mass is 1190 g/mol. The molecule has 6 rings (SSSR count). The van der Waals surface area contributed by atoms with Crippen molar-refractivity contribution >= 4 is 88.3 Å². The van der Waals surface area contributed by atoms with E-state index in [9.17, 15) is 53.1 Å². The van der Waals surface area contributed by atoms with E-state index in [2.05, 4.69) is 31.9 Å². The molecule has 3 fully saturated rings. The van der Waals surface area contributed by atoms with E-state index in [4.69, 9.17) is 41.1 Å². The molecule has 0 unspecified atom stereocenters. The van der Waals surface area contributed by atoms with Crippen molar-refractivity contribution in [3.05, 3.63) is 70.3 Å². The van der Waals surface area contributed by atoms with Gasteiger partial charge < -0.3 is 60.8 Å². The molecule has 1 aliphatic carbocycles. The molecule has 4 aliphatic rings. The normalized spacial score (nSPS) is 25.1. The molecule has 84 heavy (non-hydrogen) atoms. The maximum atomic E-state index is 14.5. The predicted octanol–water partition coefficient (Wildman–Crippen LogP) is 5.73. The van der Waals surface area contributed by atoms with Crippen molar-refractivity contribution in [1.82, 2.24) is 26.3 Å². The van der Waals surface area contributed by atoms with Crippen LogP contribution in [-0.2, 0) is 59.0 Å². The molecule has 25 nitrogen and oxygen atoms in total. The first kappa shape index (κ1) is 65.4. The molecule has 9 atom stereocenters. The van der Waals surface area contributed by atoms with E-state index < -0.39 is 113 Å². The second-order valence-electron chi connectivity index (χ2n) is 22.5. The van der Waals surface area contributed by atoms with Crippen LogP contribution < -0.4 is 47.3 Å². The number of imide groups is 1. The van der Waals surface area contributed by atoms with Crippen LogP contribution in [0.5, 0.6) is 5.75 Å². The Morgan fingerprint density at radius 1 is 0.929 bits per heavy atom. The van der Waals surface area contributed by atoms with Gasteiger partial charge in [-0.25, -0.2) is 19.2 Å². The Hall–Kier alpha value is -7.77. The molecular weight excluding hydrogens is 1110 g/mol. The van der Waals surface area contributed by atoms with Gasteiger partial charge in [-0.1, -0.05) is 63.1 Å². The number of nitrogens with two attached hydrogens (primary N) is 1. The summed E-state index contributed by atoms with van der Waals surface area (Å²) >= 11 is 6.86. The van der Waals surface area contributed by atoms with Gasteiger partial charge in [-0.2, -0.15) is 0 Å². The summed E-state index contributed by atoms with van der Waals surface area (Å²) < 4.78 is 23.3. The van der Waals surface area contributed by atoms with Gasteiger partial charge in [-0.15, -0.1) is 5.06 Å². The first-order valence-electron chi connectivity index (χ1n) is 28.0. The zero-order chi connectivity index (χ0) is 61.8. The van der Waals surface area contributed by atoms with E-state index in [1.807, 2.05) is 26.8 Å². The highest BCUT2D eigenvalue weighted by Crippen LogP contribution is 2.61. The molecule has 0 aromatic heterocycles. The summed E-state index contributed by atoms with van der Waals surface area (Å²) in [6.07, 6.45) is 1.51. The van der Waals surface area contributed by atoms with Crippen molar-refractivity contribution in [1.29, 1.82) is 0 Å². The predicted molar refractivity (Wildman–Crippen MR) is 307 cm³/mol. The van der Waals surface area contributed by atoms with Gasteiger partial charge >= 0.3 is 24.2 Å². The number of benzene rings is 2. The second kappa shape index (κ2) is 28.7. The number of alkyl carbamates (subject to hydrolysis) is 1. The average Bonchev–Trinajstić information content (AvgIpc) is 1.70. The number of carbonyl (C=O) groups excluding carboxylic acids is 10. The lowest BCUT2D eigenvalue weighted by Gasteiger charge is -2.42. The molecule has 2 aromatic carbocycles. The zero-order valence-corrected chi connectivity index (χ0v) is 49.6. The van der Waals surface area contributed by atoms with E-state index in [1.165, 1.54) is 31.3 Å². The number of methoxy groups -OCH3 is 2. The number of allylic oxidation sites excluding steroid dienone is 3. The number of anilines is 3. The first-order valence-corrected chi connectivity index (χ1v) is 28.3. The number of urea groups is 1. The van der Waals surface area contributed by atoms with Crippen molar-refractivity contribution in [2.24, 2.45) is 28.9 Å². The molecule has 26 heteroatoms. The Balaban J connectivity index is 1.15. The van der Waals surface area contributed by atoms with Gasteiger partial charge in [0.2, 0.25) is 23.6 Å². The van der Waals surface area contributed by atoms with Crippen LogP contribution in [0.25, 0.3) is 0 Å². The van der Waals surface area contributed by atoms with E-state index >= 15 is 0 Å². The lowest BCUT2D eigenvalue weighted by atomic mass is 9.83. The number of aryl methyl sites for hydroxylation is 1. The van der Waals surface area contributed by atoms with Gasteiger partial charge in [0.1, 0.15) is 41.2 Å². The van der Waals surface area contributed by atoms with Crippen LogP contribution in [0.2, 0.25) is 5.02 Å². The second-order valence-corrected chi connectivity index (χ2v) is 22.8. The van der Waals surface area contributed by atoms with E-state index in [0.717, 1.165) is 11.1 Å². The smallest absolute Gasteiger partial charge is 0.411 e. The minimum Gasteiger partial charge on any atom is -0.495 e. The summed E-state index contributed by atoms with van der Waals surface area (Å²) in [6, 6.07) is 5.13. The number of aliphatic hydroxyl groups is 1. The maximum absolute atomic E-state index is 14.5. The zero-order valence-electron chi connectivity index (χ0n) is 48.9. The molecule has 458 valence electrons. The number of unbranched alkanes of at least 4 members (excludes halogenated alkanes) is 1. The number of fused-ring (bicyclic) bond motifs is 5. The number of hydroxylamine groups is 2. The van der Waals surface area contributed by atoms with Crippen molar-refractivity contribution in [2.45, 2.75) is 155 Å². The lowest BCUT2D eigenvalue weighted by Crippen LogP contribution is -2.63. The Morgan fingerprint density at radius 2 is 1.63 bits per heavy atom. The fourth-order valence-electron chi connectivity index (χ4n) is 10.7. The molecule has 2 aromatic rings. The first-order chi connectivity index (χ1) is 39.7. The van der Waals surface area contributed by atoms with Crippen molar-refractivity contribution in [3.63, 3.8) is 0 Å². The van der Waals surface area contributed by atoms with E-state index in [0.29, 0.717) is 40.6 Å². The molecule has 3 heterocycles. The fourth-order valence-corrected chi connectivity index (χ4v) is 11.0. The molecule has 0 spiro atoms. The van der Waals surface area contributed by atoms with Crippen LogP contribution in [0, 0.1) is 30.1 Å². The van der Waals surface area contributed by atoms with Gasteiger partial charge in [0.15, 0.2) is 5.72 Å². The van der Waals surface area contributed by atoms with Gasteiger partial charge in [0.05, 0.1) is 19.2 Å². The number of amides is 10. The Kier molecular flexibility index (Phi) is 22.3. The van der Waals surface area contributed by atoms with Crippen LogP contribution in [-0.4, -0.2) is 134 Å². The number of ether oxygens (including phenoxy) is 4. The van der Waals surface area contributed by atoms with Crippen LogP contribution in [0.1, 0.15) is 116 Å². The van der Waals surface area contributed by atoms with Gasteiger partial charge in [-0.3, -0.25) is 39.4 Å². The van der Waals surface area contributed by atoms with Crippen LogP contribution in [0.15, 0.2) is 54.1 Å². The fraction of sp³-hybridized carbons (Fsp3) is 0.552. The average molecular weight is 1190 g/mol. The SMILES string of the molecule is COc1cc2cc(c1Cl)N(C)C(=O)C[C@H](OC(=O)Nc1ccc(NC(=O)[C@H](CCCNC(N)=O)NC(=O)[C@@H](NC(=O)CCCCC(=O)ON3C(=O)CCC3=O)C(C)C)cc1C)[C@]1(C)C[C@H]1[C@H](C)[C@@H]1C[C@@](O)(NC(=O)O1)[C@H](OC)/C=C/C=C(\C)C2. The molecule has 2 saturated heterocycles. The summed E-state index contributed by atoms with van der Waals surface area (Å²) in [5, 5.41) is 28.6. The summed E-state index contributed by atoms with van der Waals surface area (Å²) in [6.45, 7) is 10.8. The molecular formula is C58H78ClN9O16. The molecule has 1 saturated carbocycles. The quantitative estimate of drug-likeness (QED) is 0.0579. The molecule has 9 N–H and O–H groups in total. The topological polar surface area (TPSA) is 342 Å². The highest BCUT2D eigenvalue weighted by molar-refractivity contribution is 6.35. The van der Waals surface area contributed by atoms with Crippen molar-refractivity contribution < 1.29 is 76.8 Å². The molecule has 10 amide bonds. The number of hydrogen-bond donors (Lipinski definition) is 8. The van der Waals surface area contributed by atoms with Crippen LogP contribution >= 0.6 is 11.6 Å². The van der Waals surface area contributed by atoms with E-state index in [-0.39, 0.29) is 87.4 Å². The largest absolute Gasteiger partial charge is 0.495 e. The summed E-state index contributed by atoms with van der Waals surface area (Å²) in [5.41, 5.74) is 5.63. The van der Waals surface area contributed by atoms with Crippen LogP contribution in [0.3, 0.4) is 0 Å². The minimum absolute atomic E-state index is 0.0336. The van der Waals surface area contributed by atoms with Gasteiger partial charge in [-0.05, 0) is 112 Å². The van der Waals surface area contributed by atoms with Crippen molar-refractivity contribution in [3.8, 4) is 5.75 Å². The van der Waals surface area contributed by atoms with Crippen molar-refractivity contribution in [2.75, 3.05) is 43.3 Å². The highest BCUT2D eigenvalue weighted by Gasteiger charge is 2.62. The van der Waals surface area contributed by atoms with Crippen LogP contribution in [0.4, 0.5) is 31.4 Å². The number of primary amides is 1. The summed E-state index contributed by atoms with van der Waals surface area (Å²) in [5.74, 6) is -5.06. The maximum Gasteiger partial charge on any atom is 0.411 e. The third kappa shape index (κ3) is 17.0. The lowest BCUT2D eigenvalue weighted by molar-refractivity contribution is -0.197. The number of rotatable bonds is 20. The summed E-state index contributed by atoms with van der Waals surface area (Å²) in [7, 11) is 4.47. The van der Waals surface area contributed by atoms with Gasteiger partial charge in [0.25, 0.3) is 11.8 Å². The Morgan fingerprint density at radius 3 is 2.29 bits per heavy atom. The minimum atomic E-state index is -1.85. The molecule has 3 aliphatic heterocycles. The number of nitrogens with one attached hydrogen (secondary N) is 6. The molecule has 0 radical (unpaired) electrons. The Labute approximate surface area is 492 Å². The van der Waals surface area contributed by atoms with E-state index in [1.54, 1.807) is 58.2 Å². The summed E-state index contributed by atoms with van der Waals surface area (Å²) in [4.78, 5) is 136. The standard InChI is InChI=1S/C58H78ClN9O16/c1-31(2)51(65-45(69)17-10-11-18-49(73)84-68-46(70)21-22-47(68)71)53(75)63-39(15-13-23-61-54(60)76)52(74)62-36-19-20-38(33(4)25-36)64-55(77)83-44-28-48(72)67(7)40-26-35(27-41(80-8)50(40)59)24-32(3)14-12-16-43(81-9)58(79)30-42(82-56(78)66-58)34(5)37-29-57(37,44)6/h12,14,16,19-20,25-27,31,34,37,39,42-44,51,79H,10-11,13,15,17-18,21-24,28-30H2,1-9H3,(H,62,74)(H,63,75)(H,64,77)(H,65,69)(H,66,78)(H3,60,61,76)/b16-12+,32-14+/t34-,37-,39-,42-,43+,44-,51-,57+,58-/m0/s1. The molecule has 4 bridgehead atoms. The van der Waals surface area contributed by atoms with Gasteiger partial charge in [0, 0.05) is 69.6 Å². The third-order valence-corrected chi connectivity index (χ3v) is 16.1. The number of nitrogens with zero attached hydrogens (tertiary/aromatic N) is 2. The third-order valence-electron chi connectivity index (χ3n) is 15.7. The number of hydrogen-bond acceptors (Lipinski definition) is 16.